The van der Waals surface area contributed by atoms with Gasteiger partial charge in [0.2, 0.25) is 0 Å². The van der Waals surface area contributed by atoms with Gasteiger partial charge in [-0.2, -0.15) is 0 Å². The van der Waals surface area contributed by atoms with Gasteiger partial charge in [0.1, 0.15) is 0 Å². The van der Waals surface area contributed by atoms with Crippen LogP contribution in [-0.4, -0.2) is 0 Å². The average Bonchev–Trinajstić information content (AvgIpc) is 2.01. The molecule has 0 aromatic carbocycles. The highest BCUT2D eigenvalue weighted by molar-refractivity contribution is 5.26. The first kappa shape index (κ1) is 9.76. The summed E-state index contributed by atoms with van der Waals surface area (Å²) in [6, 6.07) is 0. The Labute approximate surface area is 68.6 Å². The molecule has 0 atom stereocenters. The molecule has 0 saturated carbocycles. The van der Waals surface area contributed by atoms with Crippen molar-refractivity contribution in [3.8, 4) is 0 Å². The predicted octanol–water partition coefficient (Wildman–Crippen LogP) is 2.54. The van der Waals surface area contributed by atoms with Crippen LogP contribution >= 0.6 is 0 Å². The Balaban J connectivity index is 4.21. The number of hydrogen-bond acceptors (Lipinski definition) is 1. The van der Waals surface area contributed by atoms with Gasteiger partial charge < -0.3 is 5.73 Å². The third kappa shape index (κ3) is 5.22. The lowest BCUT2D eigenvalue weighted by Gasteiger charge is -1.89. The maximum atomic E-state index is 5.58. The summed E-state index contributed by atoms with van der Waals surface area (Å²) >= 11 is 0. The Hall–Kier alpha value is -1.24. The molecule has 0 aliphatic carbocycles. The van der Waals surface area contributed by atoms with Crippen molar-refractivity contribution in [3.63, 3.8) is 0 Å². The van der Waals surface area contributed by atoms with Gasteiger partial charge in [-0.25, -0.2) is 0 Å². The van der Waals surface area contributed by atoms with Crippen molar-refractivity contribution < 1.29 is 0 Å². The maximum absolute atomic E-state index is 5.58. The third-order valence-electron chi connectivity index (χ3n) is 1.22. The highest BCUT2D eigenvalue weighted by Gasteiger charge is 1.78. The van der Waals surface area contributed by atoms with E-state index >= 15 is 0 Å². The van der Waals surface area contributed by atoms with Gasteiger partial charge in [0.25, 0.3) is 0 Å². The first-order valence-corrected chi connectivity index (χ1v) is 3.60. The Morgan fingerprint density at radius 2 is 2.00 bits per heavy atom. The van der Waals surface area contributed by atoms with Gasteiger partial charge >= 0.3 is 0 Å². The molecule has 0 aromatic rings. The Morgan fingerprint density at radius 1 is 1.36 bits per heavy atom. The van der Waals surface area contributed by atoms with Crippen molar-refractivity contribution in [1.82, 2.24) is 0 Å². The summed E-state index contributed by atoms with van der Waals surface area (Å²) in [6.07, 6.45) is 9.34. The fourth-order valence-electron chi connectivity index (χ4n) is 0.544. The number of allylic oxidation sites excluding steroid dienone is 6. The summed E-state index contributed by atoms with van der Waals surface area (Å²) < 4.78 is 0. The van der Waals surface area contributed by atoms with Gasteiger partial charge in [0.05, 0.1) is 0 Å². The molecule has 0 fully saturated rings. The van der Waals surface area contributed by atoms with E-state index in [0.717, 1.165) is 11.3 Å². The second-order valence-electron chi connectivity index (χ2n) is 2.28. The van der Waals surface area contributed by atoms with Crippen molar-refractivity contribution >= 4 is 0 Å². The molecule has 2 N–H and O–H groups in total. The van der Waals surface area contributed by atoms with E-state index in [1.165, 1.54) is 0 Å². The minimum atomic E-state index is 0.758. The molecule has 11 heavy (non-hydrogen) atoms. The lowest BCUT2D eigenvalue weighted by molar-refractivity contribution is 1.40. The van der Waals surface area contributed by atoms with Crippen molar-refractivity contribution in [2.45, 2.75) is 13.8 Å². The van der Waals surface area contributed by atoms with Gasteiger partial charge in [-0.05, 0) is 26.0 Å². The topological polar surface area (TPSA) is 26.0 Å². The van der Waals surface area contributed by atoms with Gasteiger partial charge in [-0.15, -0.1) is 0 Å². The molecule has 0 aliphatic heterocycles. The molecule has 0 radical (unpaired) electrons. The number of rotatable bonds is 3. The summed E-state index contributed by atoms with van der Waals surface area (Å²) in [5.74, 6) is 0. The van der Waals surface area contributed by atoms with Crippen molar-refractivity contribution in [3.05, 3.63) is 48.2 Å². The van der Waals surface area contributed by atoms with E-state index in [1.54, 1.807) is 6.08 Å². The summed E-state index contributed by atoms with van der Waals surface area (Å²) in [4.78, 5) is 0. The van der Waals surface area contributed by atoms with Crippen LogP contribution in [0.5, 0.6) is 0 Å². The van der Waals surface area contributed by atoms with E-state index in [2.05, 4.69) is 6.58 Å². The van der Waals surface area contributed by atoms with Crippen LogP contribution in [0, 0.1) is 0 Å². The minimum Gasteiger partial charge on any atom is -0.399 e. The molecule has 0 aromatic heterocycles. The van der Waals surface area contributed by atoms with Crippen molar-refractivity contribution in [2.24, 2.45) is 5.73 Å². The van der Waals surface area contributed by atoms with Crippen LogP contribution in [0.3, 0.4) is 0 Å². The van der Waals surface area contributed by atoms with E-state index in [9.17, 15) is 0 Å². The highest BCUT2D eigenvalue weighted by Crippen LogP contribution is 1.95. The number of hydrogen-bond donors (Lipinski definition) is 1. The molecule has 0 aliphatic rings. The zero-order chi connectivity index (χ0) is 8.69. The fraction of sp³-hybridized carbons (Fsp3) is 0.200. The first-order chi connectivity index (χ1) is 5.20. The molecule has 0 unspecified atom stereocenters. The molecule has 0 saturated heterocycles. The Kier molecular flexibility index (Phi) is 4.91. The van der Waals surface area contributed by atoms with Crippen molar-refractivity contribution in [1.29, 1.82) is 0 Å². The summed E-state index contributed by atoms with van der Waals surface area (Å²) in [7, 11) is 0. The van der Waals surface area contributed by atoms with Crippen LogP contribution in [0.15, 0.2) is 48.2 Å². The second kappa shape index (κ2) is 5.54. The lowest BCUT2D eigenvalue weighted by Crippen LogP contribution is -1.90. The molecular formula is C10H15N. The largest absolute Gasteiger partial charge is 0.399 e. The predicted molar refractivity (Wildman–Crippen MR) is 51.0 cm³/mol. The van der Waals surface area contributed by atoms with Gasteiger partial charge in [0.15, 0.2) is 0 Å². The monoisotopic (exact) mass is 149 g/mol. The minimum absolute atomic E-state index is 0.758. The standard InChI is InChI=1S/C10H15N/c1-4-6-10(11)8-7-9(3)5-2/h4-8H,2,11H2,1,3H3/b6-4-,9-7-,10-8-. The quantitative estimate of drug-likeness (QED) is 0.613. The molecular weight excluding hydrogens is 134 g/mol. The molecule has 0 bridgehead atoms. The Morgan fingerprint density at radius 3 is 2.45 bits per heavy atom. The molecule has 1 nitrogen and oxygen atoms in total. The van der Waals surface area contributed by atoms with Crippen molar-refractivity contribution in [2.75, 3.05) is 0 Å². The van der Waals surface area contributed by atoms with E-state index < -0.39 is 0 Å². The smallest absolute Gasteiger partial charge is 0.0310 e. The van der Waals surface area contributed by atoms with E-state index in [1.807, 2.05) is 38.2 Å². The van der Waals surface area contributed by atoms with Crippen LogP contribution in [0.2, 0.25) is 0 Å². The van der Waals surface area contributed by atoms with Crippen LogP contribution in [-0.2, 0) is 0 Å². The zero-order valence-corrected chi connectivity index (χ0v) is 7.17. The van der Waals surface area contributed by atoms with Crippen LogP contribution in [0.1, 0.15) is 13.8 Å². The summed E-state index contributed by atoms with van der Waals surface area (Å²) in [6.45, 7) is 7.54. The first-order valence-electron chi connectivity index (χ1n) is 3.60. The molecule has 1 heteroatoms. The van der Waals surface area contributed by atoms with Crippen LogP contribution in [0.25, 0.3) is 0 Å². The van der Waals surface area contributed by atoms with Crippen LogP contribution < -0.4 is 5.73 Å². The van der Waals surface area contributed by atoms with E-state index in [0.29, 0.717) is 0 Å². The molecule has 0 heterocycles. The van der Waals surface area contributed by atoms with E-state index in [4.69, 9.17) is 5.73 Å². The van der Waals surface area contributed by atoms with Gasteiger partial charge in [-0.1, -0.05) is 30.4 Å². The normalized spacial score (nSPS) is 14.0. The van der Waals surface area contributed by atoms with Gasteiger partial charge in [-0.3, -0.25) is 0 Å². The average molecular weight is 149 g/mol. The molecule has 60 valence electrons. The number of nitrogens with two attached hydrogens (primary N) is 1. The molecule has 0 rings (SSSR count). The zero-order valence-electron chi connectivity index (χ0n) is 7.17. The third-order valence-corrected chi connectivity index (χ3v) is 1.22. The second-order valence-corrected chi connectivity index (χ2v) is 2.28. The fourth-order valence-corrected chi connectivity index (χ4v) is 0.544. The SMILES string of the molecule is C=C\C(C)=C/C=C(N)/C=C\C. The maximum Gasteiger partial charge on any atom is 0.0310 e. The summed E-state index contributed by atoms with van der Waals surface area (Å²) in [5, 5.41) is 0. The summed E-state index contributed by atoms with van der Waals surface area (Å²) in [5.41, 5.74) is 7.45. The van der Waals surface area contributed by atoms with Crippen LogP contribution in [0.4, 0.5) is 0 Å². The Bertz CT molecular complexity index is 207. The molecule has 0 spiro atoms. The van der Waals surface area contributed by atoms with Gasteiger partial charge in [0, 0.05) is 5.70 Å². The van der Waals surface area contributed by atoms with E-state index in [-0.39, 0.29) is 0 Å². The highest BCUT2D eigenvalue weighted by atomic mass is 14.5. The molecule has 0 amide bonds. The lowest BCUT2D eigenvalue weighted by atomic mass is 10.2.